The molecule has 0 aromatic heterocycles. The van der Waals surface area contributed by atoms with Crippen LogP contribution < -0.4 is 15.2 Å². The van der Waals surface area contributed by atoms with E-state index in [-0.39, 0.29) is 5.41 Å². The predicted octanol–water partition coefficient (Wildman–Crippen LogP) is 2.59. The van der Waals surface area contributed by atoms with Gasteiger partial charge in [0.2, 0.25) is 0 Å². The van der Waals surface area contributed by atoms with Crippen LogP contribution >= 0.6 is 11.6 Å². The Morgan fingerprint density at radius 1 is 1.25 bits per heavy atom. The Labute approximate surface area is 101 Å². The summed E-state index contributed by atoms with van der Waals surface area (Å²) in [6.07, 6.45) is 0. The lowest BCUT2D eigenvalue weighted by molar-refractivity contribution is 0.353. The highest BCUT2D eigenvalue weighted by Crippen LogP contribution is 2.41. The lowest BCUT2D eigenvalue weighted by Gasteiger charge is -2.25. The molecular weight excluding hydrogens is 226 g/mol. The topological polar surface area (TPSA) is 44.5 Å². The number of halogens is 1. The van der Waals surface area contributed by atoms with Crippen molar-refractivity contribution in [3.63, 3.8) is 0 Å². The minimum Gasteiger partial charge on any atom is -0.493 e. The minimum absolute atomic E-state index is 0.184. The van der Waals surface area contributed by atoms with E-state index in [2.05, 4.69) is 0 Å². The van der Waals surface area contributed by atoms with Gasteiger partial charge in [-0.2, -0.15) is 0 Å². The molecule has 3 nitrogen and oxygen atoms in total. The fourth-order valence-corrected chi connectivity index (χ4v) is 2.01. The fraction of sp³-hybridized carbons (Fsp3) is 0.500. The normalized spacial score (nSPS) is 11.4. The molecule has 2 N–H and O–H groups in total. The largest absolute Gasteiger partial charge is 0.493 e. The van der Waals surface area contributed by atoms with E-state index in [0.29, 0.717) is 23.1 Å². The third kappa shape index (κ3) is 2.25. The number of methoxy groups -OCH3 is 2. The first-order valence-electron chi connectivity index (χ1n) is 5.09. The maximum Gasteiger partial charge on any atom is 0.179 e. The molecule has 0 bridgehead atoms. The van der Waals surface area contributed by atoms with Crippen LogP contribution in [0.4, 0.5) is 0 Å². The lowest BCUT2D eigenvalue weighted by atomic mass is 9.84. The summed E-state index contributed by atoms with van der Waals surface area (Å²) >= 11 is 6.30. The van der Waals surface area contributed by atoms with Crippen molar-refractivity contribution in [2.24, 2.45) is 5.73 Å². The molecule has 0 aliphatic heterocycles. The molecule has 1 rings (SSSR count). The monoisotopic (exact) mass is 243 g/mol. The van der Waals surface area contributed by atoms with Crippen LogP contribution in [0.2, 0.25) is 5.02 Å². The summed E-state index contributed by atoms with van der Waals surface area (Å²) in [6, 6.07) is 3.77. The van der Waals surface area contributed by atoms with Crippen molar-refractivity contribution in [2.75, 3.05) is 20.8 Å². The van der Waals surface area contributed by atoms with E-state index in [1.807, 2.05) is 26.0 Å². The number of hydrogen-bond acceptors (Lipinski definition) is 3. The molecule has 0 unspecified atom stereocenters. The number of hydrogen-bond donors (Lipinski definition) is 1. The summed E-state index contributed by atoms with van der Waals surface area (Å²) in [7, 11) is 3.16. The molecule has 0 aliphatic rings. The van der Waals surface area contributed by atoms with Crippen molar-refractivity contribution in [3.05, 3.63) is 22.7 Å². The average molecular weight is 244 g/mol. The van der Waals surface area contributed by atoms with Gasteiger partial charge in [0, 0.05) is 12.0 Å². The molecule has 16 heavy (non-hydrogen) atoms. The molecule has 90 valence electrons. The van der Waals surface area contributed by atoms with Gasteiger partial charge in [-0.05, 0) is 11.6 Å². The first-order valence-corrected chi connectivity index (χ1v) is 5.46. The number of ether oxygens (including phenoxy) is 2. The summed E-state index contributed by atoms with van der Waals surface area (Å²) in [5.74, 6) is 1.19. The Kier molecular flexibility index (Phi) is 4.05. The highest BCUT2D eigenvalue weighted by molar-refractivity contribution is 6.33. The molecule has 1 aromatic carbocycles. The SMILES string of the molecule is COc1ccc(C(C)(C)CN)c(Cl)c1OC. The number of rotatable bonds is 4. The standard InChI is InChI=1S/C12H18ClNO2/c1-12(2,7-14)8-5-6-9(15-3)11(16-4)10(8)13/h5-6H,7,14H2,1-4H3. The Hall–Kier alpha value is -0.930. The molecule has 0 fully saturated rings. The summed E-state index contributed by atoms with van der Waals surface area (Å²) in [4.78, 5) is 0. The van der Waals surface area contributed by atoms with Crippen LogP contribution in [-0.4, -0.2) is 20.8 Å². The van der Waals surface area contributed by atoms with Gasteiger partial charge in [-0.3, -0.25) is 0 Å². The molecular formula is C12H18ClNO2. The van der Waals surface area contributed by atoms with Crippen molar-refractivity contribution < 1.29 is 9.47 Å². The maximum atomic E-state index is 6.30. The van der Waals surface area contributed by atoms with Crippen LogP contribution in [0.5, 0.6) is 11.5 Å². The van der Waals surface area contributed by atoms with E-state index in [9.17, 15) is 0 Å². The summed E-state index contributed by atoms with van der Waals surface area (Å²) in [5, 5.41) is 0.567. The van der Waals surface area contributed by atoms with Crippen molar-refractivity contribution in [1.29, 1.82) is 0 Å². The van der Waals surface area contributed by atoms with Gasteiger partial charge in [0.15, 0.2) is 11.5 Å². The fourth-order valence-electron chi connectivity index (χ4n) is 1.52. The third-order valence-corrected chi connectivity index (χ3v) is 3.10. The van der Waals surface area contributed by atoms with Gasteiger partial charge in [0.25, 0.3) is 0 Å². The van der Waals surface area contributed by atoms with Crippen LogP contribution in [0, 0.1) is 0 Å². The molecule has 0 saturated heterocycles. The van der Waals surface area contributed by atoms with Gasteiger partial charge in [0.1, 0.15) is 0 Å². The van der Waals surface area contributed by atoms with Crippen LogP contribution in [0.1, 0.15) is 19.4 Å². The Morgan fingerprint density at radius 2 is 1.88 bits per heavy atom. The van der Waals surface area contributed by atoms with Crippen LogP contribution in [0.3, 0.4) is 0 Å². The van der Waals surface area contributed by atoms with E-state index in [4.69, 9.17) is 26.8 Å². The minimum atomic E-state index is -0.184. The van der Waals surface area contributed by atoms with Gasteiger partial charge < -0.3 is 15.2 Å². The number of benzene rings is 1. The lowest BCUT2D eigenvalue weighted by Crippen LogP contribution is -2.28. The molecule has 0 atom stereocenters. The van der Waals surface area contributed by atoms with Gasteiger partial charge in [-0.1, -0.05) is 31.5 Å². The van der Waals surface area contributed by atoms with E-state index in [1.165, 1.54) is 0 Å². The van der Waals surface area contributed by atoms with Gasteiger partial charge in [-0.15, -0.1) is 0 Å². The Bertz CT molecular complexity index is 378. The zero-order valence-electron chi connectivity index (χ0n) is 10.1. The zero-order chi connectivity index (χ0) is 12.3. The molecule has 0 amide bonds. The third-order valence-electron chi connectivity index (χ3n) is 2.72. The van der Waals surface area contributed by atoms with E-state index < -0.39 is 0 Å². The zero-order valence-corrected chi connectivity index (χ0v) is 10.9. The second-order valence-corrected chi connectivity index (χ2v) is 4.63. The summed E-state index contributed by atoms with van der Waals surface area (Å²) < 4.78 is 10.4. The number of nitrogens with two attached hydrogens (primary N) is 1. The van der Waals surface area contributed by atoms with Crippen LogP contribution in [0.25, 0.3) is 0 Å². The highest BCUT2D eigenvalue weighted by Gasteiger charge is 2.25. The van der Waals surface area contributed by atoms with Crippen LogP contribution in [0.15, 0.2) is 12.1 Å². The molecule has 0 spiro atoms. The van der Waals surface area contributed by atoms with E-state index >= 15 is 0 Å². The summed E-state index contributed by atoms with van der Waals surface area (Å²) in [6.45, 7) is 4.60. The highest BCUT2D eigenvalue weighted by atomic mass is 35.5. The smallest absolute Gasteiger partial charge is 0.179 e. The van der Waals surface area contributed by atoms with Crippen LogP contribution in [-0.2, 0) is 5.41 Å². The molecule has 4 heteroatoms. The first-order chi connectivity index (χ1) is 7.47. The average Bonchev–Trinajstić information content (AvgIpc) is 2.28. The maximum absolute atomic E-state index is 6.30. The molecule has 1 aromatic rings. The summed E-state index contributed by atoms with van der Waals surface area (Å²) in [5.41, 5.74) is 6.52. The molecule has 0 aliphatic carbocycles. The second kappa shape index (κ2) is 4.93. The first kappa shape index (κ1) is 13.1. The van der Waals surface area contributed by atoms with Crippen molar-refractivity contribution in [1.82, 2.24) is 0 Å². The van der Waals surface area contributed by atoms with Crippen molar-refractivity contribution in [3.8, 4) is 11.5 Å². The second-order valence-electron chi connectivity index (χ2n) is 4.25. The Balaban J connectivity index is 3.35. The van der Waals surface area contributed by atoms with E-state index in [0.717, 1.165) is 5.56 Å². The van der Waals surface area contributed by atoms with Gasteiger partial charge in [-0.25, -0.2) is 0 Å². The molecule has 0 saturated carbocycles. The van der Waals surface area contributed by atoms with Crippen molar-refractivity contribution in [2.45, 2.75) is 19.3 Å². The Morgan fingerprint density at radius 3 is 2.31 bits per heavy atom. The van der Waals surface area contributed by atoms with Gasteiger partial charge in [0.05, 0.1) is 19.2 Å². The van der Waals surface area contributed by atoms with Gasteiger partial charge >= 0.3 is 0 Å². The predicted molar refractivity (Wildman–Crippen MR) is 66.6 cm³/mol. The molecule has 0 radical (unpaired) electrons. The van der Waals surface area contributed by atoms with Crippen molar-refractivity contribution >= 4 is 11.6 Å². The molecule has 0 heterocycles. The quantitative estimate of drug-likeness (QED) is 0.884. The van der Waals surface area contributed by atoms with E-state index in [1.54, 1.807) is 14.2 Å².